The van der Waals surface area contributed by atoms with Crippen LogP contribution in [0.25, 0.3) is 0 Å². The highest BCUT2D eigenvalue weighted by molar-refractivity contribution is 8.00. The average Bonchev–Trinajstić information content (AvgIpc) is 2.51. The monoisotopic (exact) mass is 241 g/mol. The van der Waals surface area contributed by atoms with Crippen LogP contribution in [-0.2, 0) is 13.1 Å². The number of tetrazole rings is 1. The van der Waals surface area contributed by atoms with E-state index in [1.54, 1.807) is 7.05 Å². The van der Waals surface area contributed by atoms with Gasteiger partial charge >= 0.3 is 5.51 Å². The molecule has 0 aliphatic carbocycles. The summed E-state index contributed by atoms with van der Waals surface area (Å²) in [5, 5.41) is 13.5. The van der Waals surface area contributed by atoms with Crippen LogP contribution < -0.4 is 5.32 Å². The standard InChI is InChI=1S/C6H10F3N5S/c1-10-4-5-11-12-13-14(5)2-3-15-6(7,8)9/h10H,2-4H2,1H3. The smallest absolute Gasteiger partial charge is 0.313 e. The molecule has 0 aromatic carbocycles. The molecular formula is C6H10F3N5S. The fourth-order valence-electron chi connectivity index (χ4n) is 0.929. The second-order valence-electron chi connectivity index (χ2n) is 2.64. The van der Waals surface area contributed by atoms with Crippen molar-refractivity contribution >= 4 is 11.8 Å². The highest BCUT2D eigenvalue weighted by atomic mass is 32.2. The lowest BCUT2D eigenvalue weighted by Gasteiger charge is -2.06. The molecule has 86 valence electrons. The van der Waals surface area contributed by atoms with Crippen LogP contribution in [0, 0.1) is 0 Å². The van der Waals surface area contributed by atoms with Gasteiger partial charge in [0.25, 0.3) is 0 Å². The van der Waals surface area contributed by atoms with Crippen LogP contribution in [0.15, 0.2) is 0 Å². The second kappa shape index (κ2) is 5.31. The number of hydrogen-bond donors (Lipinski definition) is 1. The molecule has 15 heavy (non-hydrogen) atoms. The van der Waals surface area contributed by atoms with E-state index >= 15 is 0 Å². The second-order valence-corrected chi connectivity index (χ2v) is 3.80. The summed E-state index contributed by atoms with van der Waals surface area (Å²) >= 11 is -0.0782. The number of hydrogen-bond acceptors (Lipinski definition) is 5. The van der Waals surface area contributed by atoms with Crippen LogP contribution >= 0.6 is 11.8 Å². The largest absolute Gasteiger partial charge is 0.441 e. The van der Waals surface area contributed by atoms with Crippen molar-refractivity contribution in [1.29, 1.82) is 0 Å². The Bertz CT molecular complexity index is 299. The Hall–Kier alpha value is -0.830. The van der Waals surface area contributed by atoms with Gasteiger partial charge in [-0.25, -0.2) is 4.68 Å². The van der Waals surface area contributed by atoms with E-state index in [-0.39, 0.29) is 24.1 Å². The molecule has 0 saturated carbocycles. The quantitative estimate of drug-likeness (QED) is 0.820. The van der Waals surface area contributed by atoms with E-state index in [1.165, 1.54) is 4.68 Å². The molecule has 1 aromatic rings. The molecule has 9 heteroatoms. The maximum absolute atomic E-state index is 11.8. The molecular weight excluding hydrogens is 231 g/mol. The molecule has 0 amide bonds. The Labute approximate surface area is 88.4 Å². The van der Waals surface area contributed by atoms with Crippen LogP contribution in [0.1, 0.15) is 5.82 Å². The van der Waals surface area contributed by atoms with Crippen LogP contribution in [0.2, 0.25) is 0 Å². The van der Waals surface area contributed by atoms with E-state index in [2.05, 4.69) is 20.8 Å². The molecule has 5 nitrogen and oxygen atoms in total. The minimum atomic E-state index is -4.20. The van der Waals surface area contributed by atoms with Crippen molar-refractivity contribution in [2.24, 2.45) is 0 Å². The summed E-state index contributed by atoms with van der Waals surface area (Å²) in [5.41, 5.74) is -4.20. The summed E-state index contributed by atoms with van der Waals surface area (Å²) in [4.78, 5) is 0. The highest BCUT2D eigenvalue weighted by Gasteiger charge is 2.27. The van der Waals surface area contributed by atoms with Crippen molar-refractivity contribution in [1.82, 2.24) is 25.5 Å². The number of aryl methyl sites for hydroxylation is 1. The lowest BCUT2D eigenvalue weighted by atomic mass is 10.6. The Morgan fingerprint density at radius 1 is 1.47 bits per heavy atom. The fourth-order valence-corrected chi connectivity index (χ4v) is 1.43. The third-order valence-electron chi connectivity index (χ3n) is 1.51. The van der Waals surface area contributed by atoms with Gasteiger partial charge in [0.15, 0.2) is 5.82 Å². The van der Waals surface area contributed by atoms with Gasteiger partial charge < -0.3 is 5.32 Å². The minimum Gasteiger partial charge on any atom is -0.313 e. The molecule has 1 rings (SSSR count). The molecule has 0 unspecified atom stereocenters. The first-order valence-electron chi connectivity index (χ1n) is 4.13. The number of nitrogens with zero attached hydrogens (tertiary/aromatic N) is 4. The van der Waals surface area contributed by atoms with E-state index in [1.807, 2.05) is 0 Å². The first-order valence-corrected chi connectivity index (χ1v) is 5.12. The molecule has 0 radical (unpaired) electrons. The molecule has 0 spiro atoms. The van der Waals surface area contributed by atoms with Crippen LogP contribution in [-0.4, -0.2) is 38.5 Å². The summed E-state index contributed by atoms with van der Waals surface area (Å²) in [5.74, 6) is 0.436. The first-order chi connectivity index (χ1) is 7.03. The predicted molar refractivity (Wildman–Crippen MR) is 49.1 cm³/mol. The molecule has 0 fully saturated rings. The van der Waals surface area contributed by atoms with E-state index in [9.17, 15) is 13.2 Å². The van der Waals surface area contributed by atoms with Gasteiger partial charge in [0.1, 0.15) is 0 Å². The summed E-state index contributed by atoms with van der Waals surface area (Å²) in [6, 6.07) is 0. The number of rotatable bonds is 5. The SMILES string of the molecule is CNCc1nnnn1CCSC(F)(F)F. The van der Waals surface area contributed by atoms with Crippen LogP contribution in [0.3, 0.4) is 0 Å². The fraction of sp³-hybridized carbons (Fsp3) is 0.833. The number of nitrogens with one attached hydrogen (secondary N) is 1. The molecule has 0 saturated heterocycles. The molecule has 1 heterocycles. The summed E-state index contributed by atoms with van der Waals surface area (Å²) in [6.45, 7) is 0.581. The lowest BCUT2D eigenvalue weighted by Crippen LogP contribution is -2.15. The number of alkyl halides is 3. The van der Waals surface area contributed by atoms with Gasteiger partial charge in [-0.05, 0) is 29.2 Å². The Morgan fingerprint density at radius 2 is 2.20 bits per heavy atom. The van der Waals surface area contributed by atoms with Gasteiger partial charge in [-0.1, -0.05) is 0 Å². The van der Waals surface area contributed by atoms with Gasteiger partial charge in [0, 0.05) is 5.75 Å². The maximum atomic E-state index is 11.8. The third-order valence-corrected chi connectivity index (χ3v) is 2.22. The van der Waals surface area contributed by atoms with Gasteiger partial charge in [-0.15, -0.1) is 5.10 Å². The first kappa shape index (κ1) is 12.2. The van der Waals surface area contributed by atoms with Crippen molar-refractivity contribution in [2.45, 2.75) is 18.6 Å². The van der Waals surface area contributed by atoms with E-state index in [4.69, 9.17) is 0 Å². The van der Waals surface area contributed by atoms with E-state index < -0.39 is 5.51 Å². The lowest BCUT2D eigenvalue weighted by molar-refractivity contribution is -0.0328. The average molecular weight is 241 g/mol. The molecule has 0 bridgehead atoms. The Balaban J connectivity index is 2.40. The normalized spacial score (nSPS) is 12.0. The van der Waals surface area contributed by atoms with Gasteiger partial charge in [0.2, 0.25) is 0 Å². The van der Waals surface area contributed by atoms with Crippen molar-refractivity contribution in [3.05, 3.63) is 5.82 Å². The molecule has 0 aliphatic rings. The zero-order valence-corrected chi connectivity index (χ0v) is 8.77. The molecule has 0 aliphatic heterocycles. The third kappa shape index (κ3) is 4.47. The molecule has 1 N–H and O–H groups in total. The van der Waals surface area contributed by atoms with Crippen molar-refractivity contribution < 1.29 is 13.2 Å². The predicted octanol–water partition coefficient (Wildman–Crippen LogP) is 0.645. The number of thioether (sulfide) groups is 1. The Morgan fingerprint density at radius 3 is 2.80 bits per heavy atom. The van der Waals surface area contributed by atoms with Gasteiger partial charge in [-0.2, -0.15) is 13.2 Å². The number of aromatic nitrogens is 4. The van der Waals surface area contributed by atoms with E-state index in [0.29, 0.717) is 12.4 Å². The summed E-state index contributed by atoms with van der Waals surface area (Å²) < 4.78 is 36.8. The van der Waals surface area contributed by atoms with Gasteiger partial charge in [-0.3, -0.25) is 0 Å². The molecule has 0 atom stereocenters. The zero-order chi connectivity index (χ0) is 11.3. The van der Waals surface area contributed by atoms with Crippen molar-refractivity contribution in [3.63, 3.8) is 0 Å². The summed E-state index contributed by atoms with van der Waals surface area (Å²) in [7, 11) is 1.71. The van der Waals surface area contributed by atoms with Crippen molar-refractivity contribution in [2.75, 3.05) is 12.8 Å². The summed E-state index contributed by atoms with van der Waals surface area (Å²) in [6.07, 6.45) is 0. The zero-order valence-electron chi connectivity index (χ0n) is 7.95. The topological polar surface area (TPSA) is 55.6 Å². The van der Waals surface area contributed by atoms with Crippen molar-refractivity contribution in [3.8, 4) is 0 Å². The van der Waals surface area contributed by atoms with E-state index in [0.717, 1.165) is 0 Å². The molecule has 1 aromatic heterocycles. The van der Waals surface area contributed by atoms with Crippen LogP contribution in [0.5, 0.6) is 0 Å². The van der Waals surface area contributed by atoms with Crippen LogP contribution in [0.4, 0.5) is 13.2 Å². The maximum Gasteiger partial charge on any atom is 0.441 e. The minimum absolute atomic E-state index is 0.0782. The Kier molecular flexibility index (Phi) is 4.33. The van der Waals surface area contributed by atoms with Gasteiger partial charge in [0.05, 0.1) is 13.1 Å². The number of halogens is 3. The highest BCUT2D eigenvalue weighted by Crippen LogP contribution is 2.29.